The van der Waals surface area contributed by atoms with Crippen LogP contribution in [0.5, 0.6) is 28.7 Å². The van der Waals surface area contributed by atoms with E-state index in [0.717, 1.165) is 57.7 Å². The molecular formula is C30H33ClN2O6. The van der Waals surface area contributed by atoms with E-state index in [2.05, 4.69) is 9.88 Å². The van der Waals surface area contributed by atoms with E-state index in [4.69, 9.17) is 35.3 Å². The highest BCUT2D eigenvalue weighted by Crippen LogP contribution is 2.48. The van der Waals surface area contributed by atoms with Crippen molar-refractivity contribution in [3.05, 3.63) is 47.1 Å². The number of rotatable bonds is 11. The van der Waals surface area contributed by atoms with E-state index in [1.54, 1.807) is 18.3 Å². The Morgan fingerprint density at radius 2 is 1.85 bits per heavy atom. The molecular weight excluding hydrogens is 520 g/mol. The molecule has 206 valence electrons. The molecule has 9 heteroatoms. The smallest absolute Gasteiger partial charge is 0.204 e. The highest BCUT2D eigenvalue weighted by Gasteiger charge is 2.26. The lowest BCUT2D eigenvalue weighted by Gasteiger charge is -2.26. The number of pyridine rings is 1. The number of morpholine rings is 1. The first kappa shape index (κ1) is 26.2. The van der Waals surface area contributed by atoms with Crippen molar-refractivity contribution in [1.82, 2.24) is 9.88 Å². The summed E-state index contributed by atoms with van der Waals surface area (Å²) in [5.41, 5.74) is 1.51. The summed E-state index contributed by atoms with van der Waals surface area (Å²) in [6.07, 6.45) is 5.90. The van der Waals surface area contributed by atoms with Crippen LogP contribution < -0.4 is 18.9 Å². The number of nitrogens with zero attached hydrogens (tertiary/aromatic N) is 2. The van der Waals surface area contributed by atoms with E-state index in [1.165, 1.54) is 0 Å². The third-order valence-electron chi connectivity index (χ3n) is 7.28. The number of halogens is 1. The summed E-state index contributed by atoms with van der Waals surface area (Å²) in [5, 5.41) is 1.23. The summed E-state index contributed by atoms with van der Waals surface area (Å²) < 4.78 is 29.9. The third-order valence-corrected chi connectivity index (χ3v) is 7.63. The second kappa shape index (κ2) is 12.0. The molecule has 6 rings (SSSR count). The van der Waals surface area contributed by atoms with Crippen molar-refractivity contribution in [1.29, 1.82) is 0 Å². The van der Waals surface area contributed by atoms with Gasteiger partial charge in [-0.1, -0.05) is 17.7 Å². The van der Waals surface area contributed by atoms with Crippen molar-refractivity contribution in [2.45, 2.75) is 32.1 Å². The van der Waals surface area contributed by atoms with Gasteiger partial charge in [0.25, 0.3) is 0 Å². The van der Waals surface area contributed by atoms with Crippen molar-refractivity contribution in [3.63, 3.8) is 0 Å². The third kappa shape index (κ3) is 6.40. The minimum absolute atomic E-state index is 0.232. The Balaban J connectivity index is 1.19. The zero-order valence-corrected chi connectivity index (χ0v) is 22.7. The fourth-order valence-corrected chi connectivity index (χ4v) is 5.29. The topological polar surface area (TPSA) is 79.4 Å². The summed E-state index contributed by atoms with van der Waals surface area (Å²) in [6.45, 7) is 5.88. The van der Waals surface area contributed by atoms with Crippen molar-refractivity contribution >= 4 is 28.3 Å². The van der Waals surface area contributed by atoms with Gasteiger partial charge in [-0.15, -0.1) is 0 Å². The number of aromatic nitrogens is 1. The molecule has 0 amide bonds. The number of Topliss-reactive ketones (excluding diaryl/α,β-unsaturated/α-hetero) is 1. The van der Waals surface area contributed by atoms with E-state index < -0.39 is 0 Å². The Bertz CT molecular complexity index is 1340. The minimum Gasteiger partial charge on any atom is -0.489 e. The molecule has 1 aliphatic carbocycles. The predicted octanol–water partition coefficient (Wildman–Crippen LogP) is 5.46. The predicted molar refractivity (Wildman–Crippen MR) is 148 cm³/mol. The summed E-state index contributed by atoms with van der Waals surface area (Å²) in [5.74, 6) is 3.70. The first-order chi connectivity index (χ1) is 19.1. The summed E-state index contributed by atoms with van der Waals surface area (Å²) in [6, 6.07) is 9.14. The molecule has 39 heavy (non-hydrogen) atoms. The molecule has 0 atom stereocenters. The minimum atomic E-state index is 0.232. The van der Waals surface area contributed by atoms with E-state index in [-0.39, 0.29) is 5.78 Å². The fraction of sp³-hybridized carbons (Fsp3) is 0.467. The number of benzene rings is 2. The Morgan fingerprint density at radius 1 is 1.03 bits per heavy atom. The van der Waals surface area contributed by atoms with E-state index >= 15 is 0 Å². The van der Waals surface area contributed by atoms with Gasteiger partial charge in [-0.05, 0) is 48.9 Å². The van der Waals surface area contributed by atoms with Gasteiger partial charge in [0.1, 0.15) is 30.5 Å². The second-order valence-corrected chi connectivity index (χ2v) is 10.7. The first-order valence-electron chi connectivity index (χ1n) is 13.8. The summed E-state index contributed by atoms with van der Waals surface area (Å²) >= 11 is 6.54. The van der Waals surface area contributed by atoms with Crippen LogP contribution >= 0.6 is 11.6 Å². The Hall–Kier alpha value is -3.07. The lowest BCUT2D eigenvalue weighted by molar-refractivity contribution is -0.118. The summed E-state index contributed by atoms with van der Waals surface area (Å²) in [4.78, 5) is 19.3. The monoisotopic (exact) mass is 552 g/mol. The largest absolute Gasteiger partial charge is 0.489 e. The van der Waals surface area contributed by atoms with Gasteiger partial charge >= 0.3 is 0 Å². The average Bonchev–Trinajstić information content (AvgIpc) is 3.77. The van der Waals surface area contributed by atoms with Crippen LogP contribution in [0.4, 0.5) is 0 Å². The lowest BCUT2D eigenvalue weighted by Crippen LogP contribution is -2.37. The molecule has 3 aromatic rings. The number of ketones is 1. The second-order valence-electron chi connectivity index (χ2n) is 10.3. The SMILES string of the molecule is O=C(Cc1ccc(Oc2ccnc3cc(OCCCN4CCOCC4)c4c(c23)OCCO4)cc1Cl)CC1CC1. The molecule has 2 aromatic carbocycles. The van der Waals surface area contributed by atoms with Gasteiger partial charge in [-0.25, -0.2) is 0 Å². The van der Waals surface area contributed by atoms with Crippen LogP contribution in [0.3, 0.4) is 0 Å². The number of carbonyl (C=O) groups excluding carboxylic acids is 1. The van der Waals surface area contributed by atoms with Crippen molar-refractivity contribution in [2.24, 2.45) is 5.92 Å². The molecule has 1 aromatic heterocycles. The standard InChI is InChI=1S/C30H33ClN2O6/c31-24-18-23(5-4-21(24)17-22(34)16-20-2-3-20)39-26-6-7-32-25-19-27(29-30(28(25)26)38-15-14-37-29)36-11-1-8-33-9-12-35-13-10-33/h4-7,18-20H,1-3,8-17H2. The van der Waals surface area contributed by atoms with Gasteiger partial charge in [0.15, 0.2) is 11.5 Å². The number of ether oxygens (including phenoxy) is 5. The van der Waals surface area contributed by atoms with Gasteiger partial charge in [-0.2, -0.15) is 0 Å². The summed E-state index contributed by atoms with van der Waals surface area (Å²) in [7, 11) is 0. The van der Waals surface area contributed by atoms with Crippen LogP contribution in [0, 0.1) is 5.92 Å². The molecule has 0 N–H and O–H groups in total. The van der Waals surface area contributed by atoms with Crippen LogP contribution in [-0.4, -0.2) is 68.3 Å². The molecule has 0 bridgehead atoms. The Morgan fingerprint density at radius 3 is 2.64 bits per heavy atom. The lowest BCUT2D eigenvalue weighted by atomic mass is 10.0. The van der Waals surface area contributed by atoms with Gasteiger partial charge in [0.2, 0.25) is 5.75 Å². The Labute approximate surface area is 233 Å². The average molecular weight is 553 g/mol. The van der Waals surface area contributed by atoms with Crippen LogP contribution in [0.15, 0.2) is 36.5 Å². The zero-order valence-electron chi connectivity index (χ0n) is 22.0. The molecule has 8 nitrogen and oxygen atoms in total. The first-order valence-corrected chi connectivity index (χ1v) is 14.1. The van der Waals surface area contributed by atoms with Gasteiger partial charge < -0.3 is 23.7 Å². The highest BCUT2D eigenvalue weighted by molar-refractivity contribution is 6.31. The van der Waals surface area contributed by atoms with Crippen molar-refractivity contribution < 1.29 is 28.5 Å². The maximum Gasteiger partial charge on any atom is 0.204 e. The maximum absolute atomic E-state index is 12.3. The van der Waals surface area contributed by atoms with Gasteiger partial charge in [0, 0.05) is 49.8 Å². The van der Waals surface area contributed by atoms with Crippen molar-refractivity contribution in [2.75, 3.05) is 52.7 Å². The highest BCUT2D eigenvalue weighted by atomic mass is 35.5. The van der Waals surface area contributed by atoms with Crippen LogP contribution in [0.1, 0.15) is 31.2 Å². The number of hydrogen-bond donors (Lipinski definition) is 0. The molecule has 2 aliphatic heterocycles. The fourth-order valence-electron chi connectivity index (χ4n) is 5.05. The van der Waals surface area contributed by atoms with E-state index in [0.29, 0.717) is 83.3 Å². The van der Waals surface area contributed by atoms with Crippen LogP contribution in [0.2, 0.25) is 5.02 Å². The number of hydrogen-bond acceptors (Lipinski definition) is 8. The van der Waals surface area contributed by atoms with E-state index in [9.17, 15) is 4.79 Å². The molecule has 0 unspecified atom stereocenters. The number of fused-ring (bicyclic) bond motifs is 3. The quantitative estimate of drug-likeness (QED) is 0.290. The zero-order chi connectivity index (χ0) is 26.6. The van der Waals surface area contributed by atoms with Gasteiger partial charge in [-0.3, -0.25) is 14.7 Å². The van der Waals surface area contributed by atoms with Crippen molar-refractivity contribution in [3.8, 4) is 28.7 Å². The molecule has 2 fully saturated rings. The van der Waals surface area contributed by atoms with Gasteiger partial charge in [0.05, 0.1) is 30.7 Å². The number of carbonyl (C=O) groups is 1. The van der Waals surface area contributed by atoms with Crippen LogP contribution in [-0.2, 0) is 16.0 Å². The molecule has 1 saturated carbocycles. The van der Waals surface area contributed by atoms with Crippen LogP contribution in [0.25, 0.3) is 10.9 Å². The molecule has 3 aliphatic rings. The molecule has 0 spiro atoms. The molecule has 1 saturated heterocycles. The molecule has 0 radical (unpaired) electrons. The molecule has 3 heterocycles. The van der Waals surface area contributed by atoms with E-state index in [1.807, 2.05) is 18.2 Å². The maximum atomic E-state index is 12.3. The normalized spacial score (nSPS) is 17.3. The Kier molecular flexibility index (Phi) is 8.04.